The van der Waals surface area contributed by atoms with E-state index in [4.69, 9.17) is 0 Å². The predicted molar refractivity (Wildman–Crippen MR) is 82.9 cm³/mol. The lowest BCUT2D eigenvalue weighted by atomic mass is 10.0. The molecule has 1 aromatic heterocycles. The third-order valence-electron chi connectivity index (χ3n) is 3.28. The zero-order valence-corrected chi connectivity index (χ0v) is 13.2. The molecule has 0 fully saturated rings. The SMILES string of the molecule is CCCNC(Cc1ncc[nH]1)c1cccc(S(C)(=O)=O)c1. The van der Waals surface area contributed by atoms with Crippen LogP contribution in [0.15, 0.2) is 41.6 Å². The second-order valence-corrected chi connectivity index (χ2v) is 7.11. The summed E-state index contributed by atoms with van der Waals surface area (Å²) in [6.45, 7) is 2.97. The smallest absolute Gasteiger partial charge is 0.175 e. The van der Waals surface area contributed by atoms with Crippen LogP contribution in [0.2, 0.25) is 0 Å². The van der Waals surface area contributed by atoms with E-state index < -0.39 is 9.84 Å². The fourth-order valence-electron chi connectivity index (χ4n) is 2.19. The number of aromatic nitrogens is 2. The molecule has 2 rings (SSSR count). The lowest BCUT2D eigenvalue weighted by Gasteiger charge is -2.18. The third-order valence-corrected chi connectivity index (χ3v) is 4.39. The maximum atomic E-state index is 11.7. The Morgan fingerprint density at radius 2 is 2.19 bits per heavy atom. The number of rotatable bonds is 7. The molecule has 0 saturated heterocycles. The summed E-state index contributed by atoms with van der Waals surface area (Å²) in [5, 5.41) is 3.45. The Labute approximate surface area is 125 Å². The molecule has 6 heteroatoms. The molecule has 21 heavy (non-hydrogen) atoms. The van der Waals surface area contributed by atoms with Gasteiger partial charge in [-0.3, -0.25) is 0 Å². The van der Waals surface area contributed by atoms with Crippen LogP contribution in [-0.2, 0) is 16.3 Å². The first-order valence-electron chi connectivity index (χ1n) is 7.02. The maximum absolute atomic E-state index is 11.7. The summed E-state index contributed by atoms with van der Waals surface area (Å²) in [6.07, 6.45) is 6.45. The molecule has 0 aliphatic heterocycles. The van der Waals surface area contributed by atoms with Crippen LogP contribution in [0.25, 0.3) is 0 Å². The van der Waals surface area contributed by atoms with Crippen LogP contribution in [-0.4, -0.2) is 31.2 Å². The molecular weight excluding hydrogens is 286 g/mol. The van der Waals surface area contributed by atoms with E-state index in [-0.39, 0.29) is 6.04 Å². The van der Waals surface area contributed by atoms with Crippen LogP contribution in [0.3, 0.4) is 0 Å². The van der Waals surface area contributed by atoms with E-state index in [9.17, 15) is 8.42 Å². The van der Waals surface area contributed by atoms with Crippen LogP contribution in [0.5, 0.6) is 0 Å². The van der Waals surface area contributed by atoms with Gasteiger partial charge in [-0.25, -0.2) is 13.4 Å². The number of benzene rings is 1. The highest BCUT2D eigenvalue weighted by Gasteiger charge is 2.15. The quantitative estimate of drug-likeness (QED) is 0.821. The highest BCUT2D eigenvalue weighted by atomic mass is 32.2. The second-order valence-electron chi connectivity index (χ2n) is 5.09. The predicted octanol–water partition coefficient (Wildman–Crippen LogP) is 2.10. The molecule has 0 saturated carbocycles. The highest BCUT2D eigenvalue weighted by molar-refractivity contribution is 7.90. The molecule has 0 amide bonds. The van der Waals surface area contributed by atoms with Crippen LogP contribution >= 0.6 is 0 Å². The van der Waals surface area contributed by atoms with E-state index in [2.05, 4.69) is 22.2 Å². The Morgan fingerprint density at radius 1 is 1.38 bits per heavy atom. The van der Waals surface area contributed by atoms with Gasteiger partial charge in [-0.2, -0.15) is 0 Å². The van der Waals surface area contributed by atoms with Crippen molar-refractivity contribution in [1.82, 2.24) is 15.3 Å². The van der Waals surface area contributed by atoms with E-state index in [1.54, 1.807) is 30.6 Å². The first kappa shape index (κ1) is 15.7. The highest BCUT2D eigenvalue weighted by Crippen LogP contribution is 2.20. The molecule has 2 aromatic rings. The number of nitrogens with zero attached hydrogens (tertiary/aromatic N) is 1. The van der Waals surface area contributed by atoms with Crippen molar-refractivity contribution < 1.29 is 8.42 Å². The van der Waals surface area contributed by atoms with Gasteiger partial charge < -0.3 is 10.3 Å². The largest absolute Gasteiger partial charge is 0.349 e. The van der Waals surface area contributed by atoms with E-state index in [1.165, 1.54) is 6.26 Å². The summed E-state index contributed by atoms with van der Waals surface area (Å²) in [6, 6.07) is 7.14. The van der Waals surface area contributed by atoms with E-state index in [1.807, 2.05) is 6.07 Å². The molecule has 0 radical (unpaired) electrons. The van der Waals surface area contributed by atoms with Crippen LogP contribution < -0.4 is 5.32 Å². The molecule has 0 aliphatic carbocycles. The zero-order chi connectivity index (χ0) is 15.3. The summed E-state index contributed by atoms with van der Waals surface area (Å²) in [5.41, 5.74) is 0.961. The Bertz CT molecular complexity index is 666. The molecule has 0 aliphatic rings. The Morgan fingerprint density at radius 3 is 2.81 bits per heavy atom. The number of aromatic amines is 1. The fourth-order valence-corrected chi connectivity index (χ4v) is 2.87. The summed E-state index contributed by atoms with van der Waals surface area (Å²) in [7, 11) is -3.19. The number of nitrogens with one attached hydrogen (secondary N) is 2. The summed E-state index contributed by atoms with van der Waals surface area (Å²) < 4.78 is 23.4. The first-order valence-corrected chi connectivity index (χ1v) is 8.91. The van der Waals surface area contributed by atoms with Crippen molar-refractivity contribution in [2.45, 2.75) is 30.7 Å². The molecule has 1 atom stereocenters. The van der Waals surface area contributed by atoms with Gasteiger partial charge in [0.1, 0.15) is 5.82 Å². The van der Waals surface area contributed by atoms with Gasteiger partial charge in [-0.05, 0) is 30.7 Å². The maximum Gasteiger partial charge on any atom is 0.175 e. The number of hydrogen-bond donors (Lipinski definition) is 2. The van der Waals surface area contributed by atoms with Gasteiger partial charge in [0.05, 0.1) is 4.90 Å². The van der Waals surface area contributed by atoms with Gasteiger partial charge in [-0.15, -0.1) is 0 Å². The Kier molecular flexibility index (Phi) is 5.14. The summed E-state index contributed by atoms with van der Waals surface area (Å²) >= 11 is 0. The number of sulfone groups is 1. The van der Waals surface area contributed by atoms with Crippen LogP contribution in [0, 0.1) is 0 Å². The minimum Gasteiger partial charge on any atom is -0.349 e. The summed E-state index contributed by atoms with van der Waals surface area (Å²) in [4.78, 5) is 7.69. The van der Waals surface area contributed by atoms with Gasteiger partial charge >= 0.3 is 0 Å². The van der Waals surface area contributed by atoms with Gasteiger partial charge in [-0.1, -0.05) is 19.1 Å². The van der Waals surface area contributed by atoms with Crippen molar-refractivity contribution in [3.63, 3.8) is 0 Å². The average Bonchev–Trinajstić information content (AvgIpc) is 2.95. The monoisotopic (exact) mass is 307 g/mol. The number of hydrogen-bond acceptors (Lipinski definition) is 4. The normalized spacial score (nSPS) is 13.2. The Balaban J connectivity index is 2.27. The van der Waals surface area contributed by atoms with Gasteiger partial charge in [0.2, 0.25) is 0 Å². The lowest BCUT2D eigenvalue weighted by molar-refractivity contribution is 0.519. The Hall–Kier alpha value is -1.66. The van der Waals surface area contributed by atoms with Crippen molar-refractivity contribution in [3.8, 4) is 0 Å². The fraction of sp³-hybridized carbons (Fsp3) is 0.400. The average molecular weight is 307 g/mol. The summed E-state index contributed by atoms with van der Waals surface area (Å²) in [5.74, 6) is 0.883. The topological polar surface area (TPSA) is 74.8 Å². The van der Waals surface area contributed by atoms with Crippen molar-refractivity contribution in [3.05, 3.63) is 48.0 Å². The molecule has 114 valence electrons. The first-order chi connectivity index (χ1) is 10.0. The molecule has 0 bridgehead atoms. The molecule has 2 N–H and O–H groups in total. The molecular formula is C15H21N3O2S. The van der Waals surface area contributed by atoms with E-state index >= 15 is 0 Å². The van der Waals surface area contributed by atoms with E-state index in [0.29, 0.717) is 11.3 Å². The number of imidazole rings is 1. The van der Waals surface area contributed by atoms with Crippen molar-refractivity contribution in [2.24, 2.45) is 0 Å². The third kappa shape index (κ3) is 4.41. The molecule has 5 nitrogen and oxygen atoms in total. The minimum atomic E-state index is -3.19. The van der Waals surface area contributed by atoms with Gasteiger partial charge in [0.15, 0.2) is 9.84 Å². The molecule has 1 aromatic carbocycles. The molecule has 1 heterocycles. The standard InChI is InChI=1S/C15H21N3O2S/c1-3-7-16-14(11-15-17-8-9-18-15)12-5-4-6-13(10-12)21(2,19)20/h4-6,8-10,14,16H,3,7,11H2,1-2H3,(H,17,18). The zero-order valence-electron chi connectivity index (χ0n) is 12.3. The minimum absolute atomic E-state index is 0.0396. The number of H-pyrrole nitrogens is 1. The van der Waals surface area contributed by atoms with Crippen LogP contribution in [0.4, 0.5) is 0 Å². The van der Waals surface area contributed by atoms with Crippen LogP contribution in [0.1, 0.15) is 30.8 Å². The second kappa shape index (κ2) is 6.87. The molecule has 1 unspecified atom stereocenters. The van der Waals surface area contributed by atoms with E-state index in [0.717, 1.165) is 24.4 Å². The lowest BCUT2D eigenvalue weighted by Crippen LogP contribution is -2.24. The van der Waals surface area contributed by atoms with Gasteiger partial charge in [0.25, 0.3) is 0 Å². The van der Waals surface area contributed by atoms with Crippen molar-refractivity contribution in [2.75, 3.05) is 12.8 Å². The van der Waals surface area contributed by atoms with Crippen molar-refractivity contribution >= 4 is 9.84 Å². The van der Waals surface area contributed by atoms with Crippen molar-refractivity contribution in [1.29, 1.82) is 0 Å². The van der Waals surface area contributed by atoms with Gasteiger partial charge in [0, 0.05) is 31.1 Å². The molecule has 0 spiro atoms.